The monoisotopic (exact) mass is 1250 g/mol. The number of phosphoric acid groups is 1. The summed E-state index contributed by atoms with van der Waals surface area (Å²) >= 11 is 0. The third-order valence-electron chi connectivity index (χ3n) is 14.6. The number of allylic oxidation sites excluding steroid dienone is 28. The van der Waals surface area contributed by atoms with Gasteiger partial charge in [-0.2, -0.15) is 0 Å². The minimum atomic E-state index is -4.42. The molecule has 0 aliphatic rings. The Morgan fingerprint density at radius 2 is 0.618 bits per heavy atom. The second-order valence-corrected chi connectivity index (χ2v) is 24.5. The van der Waals surface area contributed by atoms with E-state index in [2.05, 4.69) is 184 Å². The number of carbonyl (C=O) groups excluding carboxylic acids is 2. The predicted molar refractivity (Wildman–Crippen MR) is 385 cm³/mol. The molecule has 0 fully saturated rings. The number of phosphoric ester groups is 1. The quantitative estimate of drug-likeness (QED) is 0.0264. The average molecular weight is 1250 g/mol. The number of rotatable bonds is 65. The van der Waals surface area contributed by atoms with Crippen molar-refractivity contribution in [2.24, 2.45) is 5.73 Å². The molecule has 0 spiro atoms. The van der Waals surface area contributed by atoms with Crippen LogP contribution in [0.4, 0.5) is 0 Å². The number of carbonyl (C=O) groups is 2. The van der Waals surface area contributed by atoms with Gasteiger partial charge in [-0.15, -0.1) is 0 Å². The fraction of sp³-hybridized carbons (Fsp3) is 0.620. The summed E-state index contributed by atoms with van der Waals surface area (Å²) in [6.07, 6.45) is 107. The fourth-order valence-electron chi connectivity index (χ4n) is 9.35. The molecule has 0 bridgehead atoms. The molecule has 504 valence electrons. The highest BCUT2D eigenvalue weighted by atomic mass is 31.2. The highest BCUT2D eigenvalue weighted by Crippen LogP contribution is 2.43. The summed E-state index contributed by atoms with van der Waals surface area (Å²) in [7, 11) is -4.42. The molecule has 0 aromatic heterocycles. The lowest BCUT2D eigenvalue weighted by atomic mass is 10.0. The molecule has 0 aliphatic heterocycles. The molecule has 2 atom stereocenters. The molecule has 0 heterocycles. The van der Waals surface area contributed by atoms with E-state index in [0.29, 0.717) is 6.42 Å². The van der Waals surface area contributed by atoms with Gasteiger partial charge in [0.25, 0.3) is 0 Å². The van der Waals surface area contributed by atoms with Crippen LogP contribution in [0.25, 0.3) is 0 Å². The predicted octanol–water partition coefficient (Wildman–Crippen LogP) is 23.7. The Morgan fingerprint density at radius 1 is 0.348 bits per heavy atom. The van der Waals surface area contributed by atoms with Gasteiger partial charge in [-0.25, -0.2) is 4.57 Å². The zero-order chi connectivity index (χ0) is 64.4. The molecule has 2 unspecified atom stereocenters. The van der Waals surface area contributed by atoms with E-state index in [1.54, 1.807) is 0 Å². The number of unbranched alkanes of at least 4 members (excludes halogenated alkanes) is 24. The maximum Gasteiger partial charge on any atom is 0.472 e. The standard InChI is InChI=1S/C79H130NO8P/c1-3-5-7-9-11-13-15-17-19-21-23-25-27-29-31-33-34-35-36-37-38-39-40-41-42-44-46-48-50-52-54-56-58-60-62-64-66-68-70-72-79(82)88-77(76-87-89(83,84)86-74-73-80)75-85-78(81)71-69-67-65-63-61-59-57-55-53-51-49-47-45-43-32-30-28-26-24-22-20-18-16-14-12-10-8-6-4-2/h5,7,11,13,16-19,22-25,29,31,34-35,37-38,40-41,44,46,50,52,56,58,62,64,77H,3-4,6,8-10,12,14-15,20-21,26-28,30,32-33,36,39,42-43,45,47-49,51,53-55,57,59-61,63,65-76,80H2,1-2H3,(H,83,84)/b7-5-,13-11-,18-16-,19-17-,24-22-,25-23-,31-29-,35-34-,38-37-,41-40-,46-44-,52-50-,58-56-,64-62-. The minimum absolute atomic E-state index is 0.0382. The molecular formula is C79H130NO8P. The van der Waals surface area contributed by atoms with E-state index in [-0.39, 0.29) is 32.6 Å². The summed E-state index contributed by atoms with van der Waals surface area (Å²) in [5.41, 5.74) is 5.40. The molecule has 9 nitrogen and oxygen atoms in total. The first-order chi connectivity index (χ1) is 43.8. The Labute approximate surface area is 546 Å². The first-order valence-corrected chi connectivity index (χ1v) is 37.1. The Morgan fingerprint density at radius 3 is 0.944 bits per heavy atom. The molecule has 0 aromatic rings. The molecule has 10 heteroatoms. The van der Waals surface area contributed by atoms with Crippen LogP contribution in [0.3, 0.4) is 0 Å². The molecular weight excluding hydrogens is 1120 g/mol. The molecule has 0 saturated carbocycles. The number of hydrogen-bond acceptors (Lipinski definition) is 8. The summed E-state index contributed by atoms with van der Waals surface area (Å²) in [5, 5.41) is 0. The summed E-state index contributed by atoms with van der Waals surface area (Å²) in [6.45, 7) is 3.57. The number of ether oxygens (including phenoxy) is 2. The van der Waals surface area contributed by atoms with Crippen LogP contribution in [-0.4, -0.2) is 49.3 Å². The van der Waals surface area contributed by atoms with Crippen molar-refractivity contribution in [3.8, 4) is 0 Å². The van der Waals surface area contributed by atoms with Crippen molar-refractivity contribution in [3.63, 3.8) is 0 Å². The maximum atomic E-state index is 12.7. The normalized spacial score (nSPS) is 14.0. The van der Waals surface area contributed by atoms with Crippen LogP contribution in [0.1, 0.15) is 284 Å². The smallest absolute Gasteiger partial charge is 0.462 e. The van der Waals surface area contributed by atoms with Crippen LogP contribution in [0.15, 0.2) is 170 Å². The lowest BCUT2D eigenvalue weighted by molar-refractivity contribution is -0.161. The zero-order valence-electron chi connectivity index (χ0n) is 56.6. The van der Waals surface area contributed by atoms with E-state index < -0.39 is 32.5 Å². The molecule has 0 aliphatic carbocycles. The first kappa shape index (κ1) is 84.4. The van der Waals surface area contributed by atoms with Crippen molar-refractivity contribution >= 4 is 19.8 Å². The van der Waals surface area contributed by atoms with Gasteiger partial charge in [-0.1, -0.05) is 306 Å². The number of esters is 2. The van der Waals surface area contributed by atoms with Gasteiger partial charge in [0.15, 0.2) is 6.10 Å². The zero-order valence-corrected chi connectivity index (χ0v) is 57.5. The van der Waals surface area contributed by atoms with Crippen LogP contribution < -0.4 is 5.73 Å². The summed E-state index contributed by atoms with van der Waals surface area (Å²) < 4.78 is 33.1. The van der Waals surface area contributed by atoms with E-state index >= 15 is 0 Å². The van der Waals surface area contributed by atoms with Gasteiger partial charge in [-0.05, 0) is 135 Å². The molecule has 3 N–H and O–H groups in total. The van der Waals surface area contributed by atoms with Crippen molar-refractivity contribution in [2.45, 2.75) is 290 Å². The molecule has 0 rings (SSSR count). The van der Waals surface area contributed by atoms with Gasteiger partial charge in [0.1, 0.15) is 6.61 Å². The van der Waals surface area contributed by atoms with E-state index in [1.807, 2.05) is 0 Å². The highest BCUT2D eigenvalue weighted by molar-refractivity contribution is 7.47. The van der Waals surface area contributed by atoms with Crippen molar-refractivity contribution < 1.29 is 37.6 Å². The molecule has 89 heavy (non-hydrogen) atoms. The van der Waals surface area contributed by atoms with Crippen molar-refractivity contribution in [2.75, 3.05) is 26.4 Å². The summed E-state index contributed by atoms with van der Waals surface area (Å²) in [4.78, 5) is 35.3. The van der Waals surface area contributed by atoms with Crippen LogP contribution in [0, 0.1) is 0 Å². The molecule has 0 aromatic carbocycles. The van der Waals surface area contributed by atoms with Crippen LogP contribution in [0.5, 0.6) is 0 Å². The number of hydrogen-bond donors (Lipinski definition) is 2. The van der Waals surface area contributed by atoms with Crippen LogP contribution >= 0.6 is 7.82 Å². The third kappa shape index (κ3) is 72.3. The lowest BCUT2D eigenvalue weighted by Crippen LogP contribution is -2.29. The molecule has 0 radical (unpaired) electrons. The lowest BCUT2D eigenvalue weighted by Gasteiger charge is -2.19. The second-order valence-electron chi connectivity index (χ2n) is 23.0. The average Bonchev–Trinajstić information content (AvgIpc) is 3.68. The minimum Gasteiger partial charge on any atom is -0.462 e. The molecule has 0 saturated heterocycles. The first-order valence-electron chi connectivity index (χ1n) is 35.6. The highest BCUT2D eigenvalue weighted by Gasteiger charge is 2.26. The van der Waals surface area contributed by atoms with Gasteiger partial charge in [-0.3, -0.25) is 18.6 Å². The largest absolute Gasteiger partial charge is 0.472 e. The van der Waals surface area contributed by atoms with Crippen LogP contribution in [0.2, 0.25) is 0 Å². The summed E-state index contributed by atoms with van der Waals surface area (Å²) in [6, 6.07) is 0. The fourth-order valence-corrected chi connectivity index (χ4v) is 10.1. The van der Waals surface area contributed by atoms with Gasteiger partial charge in [0.2, 0.25) is 0 Å². The van der Waals surface area contributed by atoms with Crippen molar-refractivity contribution in [3.05, 3.63) is 170 Å². The Kier molecular flexibility index (Phi) is 68.7. The van der Waals surface area contributed by atoms with Gasteiger partial charge in [0, 0.05) is 19.4 Å². The Balaban J connectivity index is 4.03. The molecule has 0 amide bonds. The van der Waals surface area contributed by atoms with E-state index in [1.165, 1.54) is 135 Å². The Hall–Kier alpha value is -4.63. The Bertz CT molecular complexity index is 2070. The van der Waals surface area contributed by atoms with E-state index in [0.717, 1.165) is 116 Å². The van der Waals surface area contributed by atoms with Gasteiger partial charge in [0.05, 0.1) is 13.2 Å². The topological polar surface area (TPSA) is 134 Å². The van der Waals surface area contributed by atoms with Gasteiger partial charge >= 0.3 is 19.8 Å². The summed E-state index contributed by atoms with van der Waals surface area (Å²) in [5.74, 6) is -0.884. The SMILES string of the molecule is CC/C=C\C/C=C\C/C=C\C/C=C\C/C=C\C/C=C\C/C=C\C/C=C\C/C=C\C/C=C\C/C=C\C/C=C\CCCCC(=O)OC(COC(=O)CCCCCCCCCCCCCCCCCCC/C=C\C/C=C\CCCCCCC)COP(=O)(O)OCCN. The number of nitrogens with two attached hydrogens (primary N) is 1. The van der Waals surface area contributed by atoms with Crippen molar-refractivity contribution in [1.29, 1.82) is 0 Å². The van der Waals surface area contributed by atoms with E-state index in [4.69, 9.17) is 24.3 Å². The van der Waals surface area contributed by atoms with Crippen molar-refractivity contribution in [1.82, 2.24) is 0 Å². The van der Waals surface area contributed by atoms with E-state index in [9.17, 15) is 19.0 Å². The second kappa shape index (κ2) is 72.4. The third-order valence-corrected chi connectivity index (χ3v) is 15.6. The maximum absolute atomic E-state index is 12.7. The van der Waals surface area contributed by atoms with Gasteiger partial charge < -0.3 is 20.1 Å². The van der Waals surface area contributed by atoms with Crippen LogP contribution in [-0.2, 0) is 32.7 Å².